The van der Waals surface area contributed by atoms with Gasteiger partial charge in [-0.25, -0.2) is 4.79 Å². The molecule has 1 fully saturated rings. The number of fused-ring (bicyclic) bond motifs is 3. The molecule has 0 saturated carbocycles. The van der Waals surface area contributed by atoms with E-state index in [4.69, 9.17) is 14.2 Å². The molecule has 1 saturated heterocycles. The number of hydrogen-bond acceptors (Lipinski definition) is 4. The van der Waals surface area contributed by atoms with Gasteiger partial charge in [-0.3, -0.25) is 4.90 Å². The Bertz CT molecular complexity index is 774. The van der Waals surface area contributed by atoms with E-state index in [0.29, 0.717) is 18.0 Å². The van der Waals surface area contributed by atoms with Crippen LogP contribution in [-0.4, -0.2) is 31.8 Å². The molecule has 5 nitrogen and oxygen atoms in total. The average Bonchev–Trinajstić information content (AvgIpc) is 2.98. The number of rotatable bonds is 3. The molecule has 0 N–H and O–H groups in total. The van der Waals surface area contributed by atoms with E-state index < -0.39 is 0 Å². The highest BCUT2D eigenvalue weighted by molar-refractivity contribution is 5.73. The van der Waals surface area contributed by atoms with Crippen LogP contribution in [0.1, 0.15) is 28.8 Å². The van der Waals surface area contributed by atoms with Gasteiger partial charge in [0.1, 0.15) is 6.04 Å². The lowest BCUT2D eigenvalue weighted by Gasteiger charge is -2.32. The number of amides is 1. The monoisotopic (exact) mass is 325 g/mol. The van der Waals surface area contributed by atoms with Gasteiger partial charge in [-0.1, -0.05) is 30.3 Å². The summed E-state index contributed by atoms with van der Waals surface area (Å²) in [4.78, 5) is 14.1. The molecule has 1 amide bonds. The maximum atomic E-state index is 12.3. The van der Waals surface area contributed by atoms with Gasteiger partial charge in [0.15, 0.2) is 17.6 Å². The summed E-state index contributed by atoms with van der Waals surface area (Å²) in [7, 11) is 3.25. The molecule has 4 rings (SSSR count). The third-order valence-electron chi connectivity index (χ3n) is 4.80. The first-order valence-corrected chi connectivity index (χ1v) is 8.00. The first kappa shape index (κ1) is 14.9. The minimum atomic E-state index is -0.309. The highest BCUT2D eigenvalue weighted by atomic mass is 16.6. The van der Waals surface area contributed by atoms with Gasteiger partial charge < -0.3 is 14.2 Å². The van der Waals surface area contributed by atoms with Crippen LogP contribution >= 0.6 is 0 Å². The van der Waals surface area contributed by atoms with Crippen LogP contribution < -0.4 is 9.47 Å². The summed E-state index contributed by atoms with van der Waals surface area (Å²) in [5.41, 5.74) is 3.24. The van der Waals surface area contributed by atoms with Crippen molar-refractivity contribution in [2.75, 3.05) is 20.8 Å². The second-order valence-corrected chi connectivity index (χ2v) is 6.01. The number of carbonyl (C=O) groups is 1. The zero-order chi connectivity index (χ0) is 16.7. The topological polar surface area (TPSA) is 48.0 Å². The molecule has 2 aromatic carbocycles. The molecule has 2 aromatic rings. The van der Waals surface area contributed by atoms with Crippen molar-refractivity contribution in [1.82, 2.24) is 4.90 Å². The molecule has 0 bridgehead atoms. The minimum Gasteiger partial charge on any atom is -0.493 e. The number of nitrogens with zero attached hydrogens (tertiary/aromatic N) is 1. The summed E-state index contributed by atoms with van der Waals surface area (Å²) in [6.45, 7) is 0.648. The van der Waals surface area contributed by atoms with E-state index in [0.717, 1.165) is 17.5 Å². The van der Waals surface area contributed by atoms with Crippen molar-refractivity contribution >= 4 is 6.09 Å². The highest BCUT2D eigenvalue weighted by Gasteiger charge is 2.46. The molecule has 0 radical (unpaired) electrons. The Morgan fingerprint density at radius 1 is 1.08 bits per heavy atom. The largest absolute Gasteiger partial charge is 0.493 e. The van der Waals surface area contributed by atoms with Gasteiger partial charge in [0, 0.05) is 6.54 Å². The summed E-state index contributed by atoms with van der Waals surface area (Å²) in [6, 6.07) is 13.7. The van der Waals surface area contributed by atoms with E-state index in [1.807, 2.05) is 47.4 Å². The predicted molar refractivity (Wildman–Crippen MR) is 88.4 cm³/mol. The van der Waals surface area contributed by atoms with Crippen molar-refractivity contribution in [2.45, 2.75) is 18.6 Å². The molecule has 0 unspecified atom stereocenters. The van der Waals surface area contributed by atoms with Crippen molar-refractivity contribution in [1.29, 1.82) is 0 Å². The van der Waals surface area contributed by atoms with Crippen LogP contribution in [0, 0.1) is 0 Å². The predicted octanol–water partition coefficient (Wildman–Crippen LogP) is 3.49. The van der Waals surface area contributed by atoms with Crippen LogP contribution in [0.2, 0.25) is 0 Å². The van der Waals surface area contributed by atoms with Gasteiger partial charge in [-0.2, -0.15) is 0 Å². The molecular weight excluding hydrogens is 306 g/mol. The van der Waals surface area contributed by atoms with E-state index in [1.165, 1.54) is 5.56 Å². The van der Waals surface area contributed by atoms with Gasteiger partial charge in [-0.05, 0) is 35.2 Å². The van der Waals surface area contributed by atoms with Crippen LogP contribution in [0.4, 0.5) is 4.79 Å². The molecule has 24 heavy (non-hydrogen) atoms. The number of cyclic esters (lactones) is 1. The van der Waals surface area contributed by atoms with Gasteiger partial charge in [0.25, 0.3) is 0 Å². The lowest BCUT2D eigenvalue weighted by atomic mass is 9.87. The Labute approximate surface area is 140 Å². The number of benzene rings is 2. The molecular formula is C19H19NO4. The number of carbonyl (C=O) groups excluding carboxylic acids is 1. The Morgan fingerprint density at radius 2 is 1.79 bits per heavy atom. The average molecular weight is 325 g/mol. The Kier molecular flexibility index (Phi) is 3.56. The van der Waals surface area contributed by atoms with Gasteiger partial charge in [0.2, 0.25) is 0 Å². The molecule has 124 valence electrons. The maximum Gasteiger partial charge on any atom is 0.411 e. The van der Waals surface area contributed by atoms with Crippen molar-refractivity contribution in [2.24, 2.45) is 0 Å². The zero-order valence-electron chi connectivity index (χ0n) is 13.7. The zero-order valence-corrected chi connectivity index (χ0v) is 13.7. The van der Waals surface area contributed by atoms with Crippen LogP contribution in [0.25, 0.3) is 0 Å². The first-order valence-electron chi connectivity index (χ1n) is 8.00. The fraction of sp³-hybridized carbons (Fsp3) is 0.316. The lowest BCUT2D eigenvalue weighted by Crippen LogP contribution is -2.34. The summed E-state index contributed by atoms with van der Waals surface area (Å²) < 4.78 is 16.6. The SMILES string of the molecule is COc1cc2c(cc1OC)[C@H]1[C@H](c3ccccc3)OC(=O)N1CC2. The van der Waals surface area contributed by atoms with Crippen LogP contribution in [0.5, 0.6) is 11.5 Å². The summed E-state index contributed by atoms with van der Waals surface area (Å²) in [5.74, 6) is 1.38. The Morgan fingerprint density at radius 3 is 2.50 bits per heavy atom. The normalized spacial score (nSPS) is 21.8. The molecule has 2 aliphatic rings. The molecule has 2 aliphatic heterocycles. The second kappa shape index (κ2) is 5.74. The molecule has 2 heterocycles. The summed E-state index contributed by atoms with van der Waals surface area (Å²) in [5, 5.41) is 0. The van der Waals surface area contributed by atoms with Gasteiger partial charge in [-0.15, -0.1) is 0 Å². The summed E-state index contributed by atoms with van der Waals surface area (Å²) in [6.07, 6.45) is 0.216. The van der Waals surface area contributed by atoms with Crippen molar-refractivity contribution in [3.63, 3.8) is 0 Å². The van der Waals surface area contributed by atoms with E-state index >= 15 is 0 Å². The minimum absolute atomic E-state index is 0.136. The molecule has 5 heteroatoms. The third-order valence-corrected chi connectivity index (χ3v) is 4.80. The number of methoxy groups -OCH3 is 2. The smallest absolute Gasteiger partial charge is 0.411 e. The summed E-state index contributed by atoms with van der Waals surface area (Å²) >= 11 is 0. The van der Waals surface area contributed by atoms with Crippen molar-refractivity contribution in [3.05, 3.63) is 59.2 Å². The third kappa shape index (κ3) is 2.19. The molecule has 2 atom stereocenters. The lowest BCUT2D eigenvalue weighted by molar-refractivity contribution is 0.130. The van der Waals surface area contributed by atoms with Gasteiger partial charge >= 0.3 is 6.09 Å². The molecule has 0 spiro atoms. The first-order chi connectivity index (χ1) is 11.7. The maximum absolute atomic E-state index is 12.3. The van der Waals surface area contributed by atoms with E-state index in [2.05, 4.69) is 0 Å². The Hall–Kier alpha value is -2.69. The van der Waals surface area contributed by atoms with Gasteiger partial charge in [0.05, 0.1) is 14.2 Å². The quantitative estimate of drug-likeness (QED) is 0.867. The number of hydrogen-bond donors (Lipinski definition) is 0. The van der Waals surface area contributed by atoms with E-state index in [1.54, 1.807) is 14.2 Å². The molecule has 0 aliphatic carbocycles. The fourth-order valence-corrected chi connectivity index (χ4v) is 3.64. The number of ether oxygens (including phenoxy) is 3. The second-order valence-electron chi connectivity index (χ2n) is 6.01. The standard InChI is InChI=1S/C19H19NO4/c1-22-15-10-13-8-9-20-17(14(13)11-16(15)23-2)18(24-19(20)21)12-6-4-3-5-7-12/h3-7,10-11,17-18H,8-9H2,1-2H3/t17-,18-/m0/s1. The van der Waals surface area contributed by atoms with Crippen LogP contribution in [0.15, 0.2) is 42.5 Å². The van der Waals surface area contributed by atoms with E-state index in [-0.39, 0.29) is 18.2 Å². The van der Waals surface area contributed by atoms with Crippen molar-refractivity contribution < 1.29 is 19.0 Å². The van der Waals surface area contributed by atoms with Crippen molar-refractivity contribution in [3.8, 4) is 11.5 Å². The van der Waals surface area contributed by atoms with E-state index in [9.17, 15) is 4.79 Å². The Balaban J connectivity index is 1.83. The van der Waals surface area contributed by atoms with Crippen LogP contribution in [0.3, 0.4) is 0 Å². The van der Waals surface area contributed by atoms with Crippen LogP contribution in [-0.2, 0) is 11.2 Å². The molecule has 0 aromatic heterocycles. The fourth-order valence-electron chi connectivity index (χ4n) is 3.64. The highest BCUT2D eigenvalue weighted by Crippen LogP contribution is 2.48.